The summed E-state index contributed by atoms with van der Waals surface area (Å²) in [5.74, 6) is 0. The molecule has 0 N–H and O–H groups in total. The Kier molecular flexibility index (Phi) is 3.11. The fourth-order valence-corrected chi connectivity index (χ4v) is 2.35. The van der Waals surface area contributed by atoms with Gasteiger partial charge in [-0.1, -0.05) is 48.0 Å². The smallest absolute Gasteiger partial charge is 0.0510 e. The maximum atomic E-state index is 3.59. The second-order valence-electron chi connectivity index (χ2n) is 5.26. The standard InChI is InChI=1S/C14H18BrN/c1-14(2,10-15)9-12-6-4-5-11-7-8-16(3)13(11)12/h4-8H,9-10H2,1-3H3. The first-order valence-electron chi connectivity index (χ1n) is 5.62. The zero-order valence-corrected chi connectivity index (χ0v) is 11.7. The van der Waals surface area contributed by atoms with Gasteiger partial charge in [0.25, 0.3) is 0 Å². The lowest BCUT2D eigenvalue weighted by Gasteiger charge is -2.22. The molecular formula is C14H18BrN. The Balaban J connectivity index is 2.48. The third-order valence-corrected chi connectivity index (χ3v) is 4.53. The summed E-state index contributed by atoms with van der Waals surface area (Å²) in [6.07, 6.45) is 3.24. The van der Waals surface area contributed by atoms with E-state index in [9.17, 15) is 0 Å². The van der Waals surface area contributed by atoms with Gasteiger partial charge in [0.05, 0.1) is 5.52 Å². The predicted molar refractivity (Wildman–Crippen MR) is 74.2 cm³/mol. The van der Waals surface area contributed by atoms with Crippen molar-refractivity contribution < 1.29 is 0 Å². The van der Waals surface area contributed by atoms with Gasteiger partial charge in [-0.25, -0.2) is 0 Å². The van der Waals surface area contributed by atoms with E-state index in [2.05, 4.69) is 71.9 Å². The topological polar surface area (TPSA) is 4.93 Å². The van der Waals surface area contributed by atoms with E-state index in [1.165, 1.54) is 16.5 Å². The summed E-state index contributed by atoms with van der Waals surface area (Å²) >= 11 is 3.59. The lowest BCUT2D eigenvalue weighted by molar-refractivity contribution is 0.426. The summed E-state index contributed by atoms with van der Waals surface area (Å²) in [5.41, 5.74) is 3.12. The minimum absolute atomic E-state index is 0.304. The summed E-state index contributed by atoms with van der Waals surface area (Å²) in [7, 11) is 2.12. The highest BCUT2D eigenvalue weighted by atomic mass is 79.9. The molecule has 1 aromatic heterocycles. The van der Waals surface area contributed by atoms with Crippen LogP contribution in [0.1, 0.15) is 19.4 Å². The van der Waals surface area contributed by atoms with Crippen LogP contribution >= 0.6 is 15.9 Å². The van der Waals surface area contributed by atoms with E-state index in [1.54, 1.807) is 0 Å². The fourth-order valence-electron chi connectivity index (χ4n) is 2.15. The number of benzene rings is 1. The number of rotatable bonds is 3. The molecule has 0 amide bonds. The van der Waals surface area contributed by atoms with Crippen LogP contribution in [0.25, 0.3) is 10.9 Å². The summed E-state index contributed by atoms with van der Waals surface area (Å²) < 4.78 is 2.22. The third kappa shape index (κ3) is 2.17. The van der Waals surface area contributed by atoms with Crippen LogP contribution in [0.15, 0.2) is 30.5 Å². The van der Waals surface area contributed by atoms with Gasteiger partial charge in [0, 0.05) is 18.6 Å². The van der Waals surface area contributed by atoms with Crippen LogP contribution in [0.4, 0.5) is 0 Å². The number of hydrogen-bond donors (Lipinski definition) is 0. The monoisotopic (exact) mass is 279 g/mol. The Bertz CT molecular complexity index is 496. The molecule has 0 spiro atoms. The molecule has 0 atom stereocenters. The van der Waals surface area contributed by atoms with E-state index >= 15 is 0 Å². The number of para-hydroxylation sites is 1. The van der Waals surface area contributed by atoms with Crippen molar-refractivity contribution in [2.24, 2.45) is 12.5 Å². The highest BCUT2D eigenvalue weighted by Crippen LogP contribution is 2.28. The summed E-state index contributed by atoms with van der Waals surface area (Å²) in [5, 5.41) is 2.37. The molecule has 0 aliphatic heterocycles. The maximum absolute atomic E-state index is 3.59. The number of alkyl halides is 1. The van der Waals surface area contributed by atoms with Crippen molar-refractivity contribution in [1.82, 2.24) is 4.57 Å². The van der Waals surface area contributed by atoms with E-state index in [0.717, 1.165) is 11.8 Å². The first-order valence-corrected chi connectivity index (χ1v) is 6.74. The second kappa shape index (κ2) is 4.25. The van der Waals surface area contributed by atoms with Gasteiger partial charge in [0.2, 0.25) is 0 Å². The molecule has 0 aliphatic rings. The van der Waals surface area contributed by atoms with Gasteiger partial charge in [-0.3, -0.25) is 0 Å². The number of hydrogen-bond acceptors (Lipinski definition) is 0. The lowest BCUT2D eigenvalue weighted by Crippen LogP contribution is -2.17. The van der Waals surface area contributed by atoms with Crippen molar-refractivity contribution in [3.8, 4) is 0 Å². The normalized spacial score (nSPS) is 12.2. The minimum atomic E-state index is 0.304. The highest BCUT2D eigenvalue weighted by Gasteiger charge is 2.18. The first-order chi connectivity index (χ1) is 7.53. The quantitative estimate of drug-likeness (QED) is 0.745. The molecular weight excluding hydrogens is 262 g/mol. The number of aryl methyl sites for hydroxylation is 1. The predicted octanol–water partition coefficient (Wildman–Crippen LogP) is 4.14. The molecule has 86 valence electrons. The van der Waals surface area contributed by atoms with Crippen LogP contribution in [-0.2, 0) is 13.5 Å². The van der Waals surface area contributed by atoms with E-state index in [4.69, 9.17) is 0 Å². The van der Waals surface area contributed by atoms with Gasteiger partial charge in [0.1, 0.15) is 0 Å². The van der Waals surface area contributed by atoms with Crippen molar-refractivity contribution >= 4 is 26.8 Å². The van der Waals surface area contributed by atoms with Crippen molar-refractivity contribution in [2.45, 2.75) is 20.3 Å². The largest absolute Gasteiger partial charge is 0.350 e. The summed E-state index contributed by atoms with van der Waals surface area (Å²) in [6, 6.07) is 8.76. The number of fused-ring (bicyclic) bond motifs is 1. The van der Waals surface area contributed by atoms with Crippen LogP contribution in [0, 0.1) is 5.41 Å². The molecule has 0 aliphatic carbocycles. The zero-order chi connectivity index (χ0) is 11.8. The Hall–Kier alpha value is -0.760. The number of halogens is 1. The summed E-state index contributed by atoms with van der Waals surface area (Å²) in [6.45, 7) is 4.59. The molecule has 0 fully saturated rings. The van der Waals surface area contributed by atoms with Crippen LogP contribution in [0.5, 0.6) is 0 Å². The fraction of sp³-hybridized carbons (Fsp3) is 0.429. The highest BCUT2D eigenvalue weighted by molar-refractivity contribution is 9.09. The van der Waals surface area contributed by atoms with Gasteiger partial charge in [-0.2, -0.15) is 0 Å². The van der Waals surface area contributed by atoms with Gasteiger partial charge in [-0.15, -0.1) is 0 Å². The van der Waals surface area contributed by atoms with Gasteiger partial charge in [0.15, 0.2) is 0 Å². The summed E-state index contributed by atoms with van der Waals surface area (Å²) in [4.78, 5) is 0. The number of nitrogens with zero attached hydrogens (tertiary/aromatic N) is 1. The molecule has 0 saturated carbocycles. The van der Waals surface area contributed by atoms with E-state index < -0.39 is 0 Å². The molecule has 0 saturated heterocycles. The van der Waals surface area contributed by atoms with Gasteiger partial charge >= 0.3 is 0 Å². The average molecular weight is 280 g/mol. The molecule has 0 bridgehead atoms. The Morgan fingerprint density at radius 1 is 1.25 bits per heavy atom. The Morgan fingerprint density at radius 2 is 2.00 bits per heavy atom. The average Bonchev–Trinajstić information content (AvgIpc) is 2.61. The molecule has 0 radical (unpaired) electrons. The van der Waals surface area contributed by atoms with Crippen LogP contribution in [0.3, 0.4) is 0 Å². The SMILES string of the molecule is Cn1ccc2cccc(CC(C)(C)CBr)c21. The van der Waals surface area contributed by atoms with Crippen LogP contribution in [-0.4, -0.2) is 9.90 Å². The lowest BCUT2D eigenvalue weighted by atomic mass is 9.87. The van der Waals surface area contributed by atoms with Gasteiger partial charge in [-0.05, 0) is 28.9 Å². The van der Waals surface area contributed by atoms with Crippen molar-refractivity contribution in [1.29, 1.82) is 0 Å². The third-order valence-electron chi connectivity index (χ3n) is 3.01. The Labute approximate surface area is 106 Å². The van der Waals surface area contributed by atoms with Crippen molar-refractivity contribution in [3.63, 3.8) is 0 Å². The van der Waals surface area contributed by atoms with E-state index in [1.807, 2.05) is 0 Å². The number of aromatic nitrogens is 1. The van der Waals surface area contributed by atoms with Crippen LogP contribution < -0.4 is 0 Å². The second-order valence-corrected chi connectivity index (χ2v) is 5.82. The van der Waals surface area contributed by atoms with Crippen molar-refractivity contribution in [2.75, 3.05) is 5.33 Å². The molecule has 1 heterocycles. The molecule has 0 unspecified atom stereocenters. The zero-order valence-electron chi connectivity index (χ0n) is 10.1. The Morgan fingerprint density at radius 3 is 2.69 bits per heavy atom. The van der Waals surface area contributed by atoms with Crippen molar-refractivity contribution in [3.05, 3.63) is 36.0 Å². The van der Waals surface area contributed by atoms with E-state index in [0.29, 0.717) is 5.41 Å². The molecule has 1 aromatic carbocycles. The molecule has 2 rings (SSSR count). The van der Waals surface area contributed by atoms with E-state index in [-0.39, 0.29) is 0 Å². The van der Waals surface area contributed by atoms with Gasteiger partial charge < -0.3 is 4.57 Å². The molecule has 16 heavy (non-hydrogen) atoms. The first kappa shape index (κ1) is 11.7. The molecule has 2 heteroatoms. The van der Waals surface area contributed by atoms with Crippen LogP contribution in [0.2, 0.25) is 0 Å². The maximum Gasteiger partial charge on any atom is 0.0510 e. The molecule has 1 nitrogen and oxygen atoms in total. The minimum Gasteiger partial charge on any atom is -0.350 e. The molecule has 2 aromatic rings.